The highest BCUT2D eigenvalue weighted by molar-refractivity contribution is 6.14. The number of esters is 2. The Morgan fingerprint density at radius 1 is 0.870 bits per heavy atom. The maximum absolute atomic E-state index is 10.8. The second kappa shape index (κ2) is 8.93. The van der Waals surface area contributed by atoms with E-state index in [0.29, 0.717) is 11.1 Å². The largest absolute Gasteiger partial charge is 0.478 e. The Morgan fingerprint density at radius 2 is 1.13 bits per heavy atom. The fourth-order valence-corrected chi connectivity index (χ4v) is 1.03. The number of cyclic esters (lactones) is 2. The molecular weight excluding hydrogens is 304 g/mol. The number of carboxylic acid groups (broad SMARTS) is 2. The minimum absolute atomic E-state index is 0.176. The van der Waals surface area contributed by atoms with Crippen LogP contribution in [-0.4, -0.2) is 34.1 Å². The molecule has 23 heavy (non-hydrogen) atoms. The summed E-state index contributed by atoms with van der Waals surface area (Å²) in [5.41, 5.74) is 1.07. The van der Waals surface area contributed by atoms with E-state index in [-0.39, 0.29) is 11.1 Å². The molecule has 0 saturated carbocycles. The average Bonchev–Trinajstić information content (AvgIpc) is 2.76. The molecule has 7 heteroatoms. The Labute approximate surface area is 132 Å². The van der Waals surface area contributed by atoms with Gasteiger partial charge in [0.15, 0.2) is 0 Å². The molecule has 0 aliphatic carbocycles. The normalized spacial score (nSPS) is 10.9. The van der Waals surface area contributed by atoms with Gasteiger partial charge in [-0.25, -0.2) is 19.2 Å². The molecule has 0 spiro atoms. The highest BCUT2D eigenvalue weighted by Crippen LogP contribution is 2.18. The summed E-state index contributed by atoms with van der Waals surface area (Å²) in [6, 6.07) is 6.53. The van der Waals surface area contributed by atoms with Crippen LogP contribution in [-0.2, 0) is 14.3 Å². The number of fused-ring (bicyclic) bond motifs is 1. The molecule has 0 fully saturated rings. The van der Waals surface area contributed by atoms with Crippen LogP contribution in [0.15, 0.2) is 48.6 Å². The van der Waals surface area contributed by atoms with Gasteiger partial charge in [0.25, 0.3) is 0 Å². The van der Waals surface area contributed by atoms with Crippen molar-refractivity contribution < 1.29 is 34.1 Å². The number of benzene rings is 1. The second-order valence-corrected chi connectivity index (χ2v) is 4.39. The van der Waals surface area contributed by atoms with Crippen molar-refractivity contribution in [2.45, 2.75) is 13.8 Å². The minimum atomic E-state index is -0.935. The number of carbonyl (C=O) groups excluding carboxylic acids is 2. The molecule has 2 rings (SSSR count). The fourth-order valence-electron chi connectivity index (χ4n) is 1.03. The third-order valence-electron chi connectivity index (χ3n) is 2.28. The number of hydrogen-bond acceptors (Lipinski definition) is 5. The summed E-state index contributed by atoms with van der Waals surface area (Å²) in [5.74, 6) is -2.97. The third kappa shape index (κ3) is 6.85. The van der Waals surface area contributed by atoms with E-state index in [4.69, 9.17) is 10.2 Å². The van der Waals surface area contributed by atoms with Gasteiger partial charge in [-0.2, -0.15) is 0 Å². The van der Waals surface area contributed by atoms with Crippen molar-refractivity contribution in [3.63, 3.8) is 0 Å². The van der Waals surface area contributed by atoms with Crippen LogP contribution in [0, 0.1) is 0 Å². The second-order valence-electron chi connectivity index (χ2n) is 4.39. The lowest BCUT2D eigenvalue weighted by Crippen LogP contribution is -1.96. The smallest absolute Gasteiger partial charge is 0.346 e. The van der Waals surface area contributed by atoms with Crippen molar-refractivity contribution in [2.24, 2.45) is 0 Å². The first-order valence-electron chi connectivity index (χ1n) is 6.21. The van der Waals surface area contributed by atoms with Crippen molar-refractivity contribution in [3.8, 4) is 0 Å². The number of carbonyl (C=O) groups is 4. The molecule has 0 bridgehead atoms. The summed E-state index contributed by atoms with van der Waals surface area (Å²) in [7, 11) is 0. The molecule has 0 unspecified atom stereocenters. The maximum Gasteiger partial charge on any atom is 0.346 e. The minimum Gasteiger partial charge on any atom is -0.478 e. The van der Waals surface area contributed by atoms with Crippen molar-refractivity contribution in [2.75, 3.05) is 0 Å². The Morgan fingerprint density at radius 3 is 1.35 bits per heavy atom. The molecule has 2 N–H and O–H groups in total. The first kappa shape index (κ1) is 19.8. The van der Waals surface area contributed by atoms with Crippen LogP contribution in [0.3, 0.4) is 0 Å². The van der Waals surface area contributed by atoms with Crippen LogP contribution in [0.25, 0.3) is 0 Å². The van der Waals surface area contributed by atoms with Crippen LogP contribution >= 0.6 is 0 Å². The molecule has 0 amide bonds. The van der Waals surface area contributed by atoms with Gasteiger partial charge in [-0.05, 0) is 26.0 Å². The zero-order chi connectivity index (χ0) is 18.2. The fraction of sp³-hybridized carbons (Fsp3) is 0.125. The van der Waals surface area contributed by atoms with E-state index in [9.17, 15) is 19.2 Å². The van der Waals surface area contributed by atoms with Crippen molar-refractivity contribution in [1.29, 1.82) is 0 Å². The van der Waals surface area contributed by atoms with Crippen molar-refractivity contribution in [3.05, 3.63) is 59.7 Å². The summed E-state index contributed by atoms with van der Waals surface area (Å²) in [6.45, 7) is 9.20. The molecule has 1 heterocycles. The lowest BCUT2D eigenvalue weighted by Gasteiger charge is -1.86. The molecule has 0 aromatic heterocycles. The molecule has 1 aliphatic heterocycles. The van der Waals surface area contributed by atoms with Gasteiger partial charge in [-0.3, -0.25) is 0 Å². The summed E-state index contributed by atoms with van der Waals surface area (Å²) in [5, 5.41) is 15.8. The van der Waals surface area contributed by atoms with Gasteiger partial charge < -0.3 is 14.9 Å². The highest BCUT2D eigenvalue weighted by atomic mass is 16.6. The zero-order valence-electron chi connectivity index (χ0n) is 12.7. The van der Waals surface area contributed by atoms with Gasteiger partial charge in [-0.1, -0.05) is 25.3 Å². The van der Waals surface area contributed by atoms with Gasteiger partial charge in [0.1, 0.15) is 0 Å². The molecule has 7 nitrogen and oxygen atoms in total. The SMILES string of the molecule is C=C(C)C(=O)O.C=C(C)C(=O)O.O=C1OC(=O)c2ccccc21. The predicted molar refractivity (Wildman–Crippen MR) is 81.1 cm³/mol. The highest BCUT2D eigenvalue weighted by Gasteiger charge is 2.28. The number of hydrogen-bond donors (Lipinski definition) is 2. The summed E-state index contributed by atoms with van der Waals surface area (Å²) in [6.07, 6.45) is 0. The Balaban J connectivity index is 0.000000349. The summed E-state index contributed by atoms with van der Waals surface area (Å²) in [4.78, 5) is 40.9. The molecule has 1 aromatic carbocycles. The molecule has 1 aromatic rings. The van der Waals surface area contributed by atoms with Crippen LogP contribution in [0.5, 0.6) is 0 Å². The zero-order valence-corrected chi connectivity index (χ0v) is 12.7. The number of aliphatic carboxylic acids is 2. The van der Waals surface area contributed by atoms with E-state index >= 15 is 0 Å². The standard InChI is InChI=1S/C8H4O3.2C4H6O2/c9-7-5-3-1-2-4-6(5)8(10)11-7;2*1-3(2)4(5)6/h1-4H;2*1H2,2H3,(H,5,6). The molecular formula is C16H16O7. The van der Waals surface area contributed by atoms with E-state index < -0.39 is 23.9 Å². The van der Waals surface area contributed by atoms with E-state index in [1.54, 1.807) is 24.3 Å². The van der Waals surface area contributed by atoms with E-state index in [0.717, 1.165) is 0 Å². The Bertz CT molecular complexity index is 590. The Kier molecular flexibility index (Phi) is 7.68. The van der Waals surface area contributed by atoms with Crippen LogP contribution in [0.2, 0.25) is 0 Å². The first-order chi connectivity index (χ1) is 10.6. The van der Waals surface area contributed by atoms with E-state index in [1.807, 2.05) is 0 Å². The van der Waals surface area contributed by atoms with Crippen LogP contribution in [0.1, 0.15) is 34.6 Å². The number of rotatable bonds is 2. The topological polar surface area (TPSA) is 118 Å². The predicted octanol–water partition coefficient (Wildman–Crippen LogP) is 2.29. The number of ether oxygens (including phenoxy) is 1. The van der Waals surface area contributed by atoms with Gasteiger partial charge >= 0.3 is 23.9 Å². The van der Waals surface area contributed by atoms with Crippen LogP contribution in [0.4, 0.5) is 0 Å². The van der Waals surface area contributed by atoms with Gasteiger partial charge in [0.05, 0.1) is 11.1 Å². The molecule has 0 atom stereocenters. The summed E-state index contributed by atoms with van der Waals surface area (Å²) < 4.78 is 4.35. The number of carboxylic acids is 2. The van der Waals surface area contributed by atoms with Crippen molar-refractivity contribution >= 4 is 23.9 Å². The van der Waals surface area contributed by atoms with E-state index in [1.165, 1.54) is 13.8 Å². The first-order valence-corrected chi connectivity index (χ1v) is 6.21. The van der Waals surface area contributed by atoms with Gasteiger partial charge in [-0.15, -0.1) is 0 Å². The summed E-state index contributed by atoms with van der Waals surface area (Å²) >= 11 is 0. The maximum atomic E-state index is 10.8. The monoisotopic (exact) mass is 320 g/mol. The van der Waals surface area contributed by atoms with Crippen molar-refractivity contribution in [1.82, 2.24) is 0 Å². The lowest BCUT2D eigenvalue weighted by atomic mass is 10.1. The quantitative estimate of drug-likeness (QED) is 0.487. The average molecular weight is 320 g/mol. The van der Waals surface area contributed by atoms with E-state index in [2.05, 4.69) is 17.9 Å². The molecule has 0 saturated heterocycles. The van der Waals surface area contributed by atoms with Gasteiger partial charge in [0, 0.05) is 11.1 Å². The van der Waals surface area contributed by atoms with Crippen LogP contribution < -0.4 is 0 Å². The lowest BCUT2D eigenvalue weighted by molar-refractivity contribution is -0.133. The molecule has 0 radical (unpaired) electrons. The molecule has 1 aliphatic rings. The van der Waals surface area contributed by atoms with Gasteiger partial charge in [0.2, 0.25) is 0 Å². The third-order valence-corrected chi connectivity index (χ3v) is 2.28. The molecule has 122 valence electrons. The Hall–Kier alpha value is -3.22.